The predicted octanol–water partition coefficient (Wildman–Crippen LogP) is 3.25. The van der Waals surface area contributed by atoms with Gasteiger partial charge in [-0.2, -0.15) is 13.9 Å². The summed E-state index contributed by atoms with van der Waals surface area (Å²) in [6.45, 7) is 0.503. The lowest BCUT2D eigenvalue weighted by atomic mass is 10.1. The van der Waals surface area contributed by atoms with Crippen molar-refractivity contribution in [1.29, 1.82) is 0 Å². The van der Waals surface area contributed by atoms with Gasteiger partial charge in [-0.15, -0.1) is 15.3 Å². The largest absolute Gasteiger partial charge is 0.435 e. The minimum Gasteiger partial charge on any atom is -0.435 e. The van der Waals surface area contributed by atoms with Crippen molar-refractivity contribution in [3.8, 4) is 5.75 Å². The van der Waals surface area contributed by atoms with Gasteiger partial charge in [0.2, 0.25) is 10.3 Å². The summed E-state index contributed by atoms with van der Waals surface area (Å²) in [6, 6.07) is 9.82. The number of alkyl halides is 2. The minimum atomic E-state index is -2.96. The van der Waals surface area contributed by atoms with Crippen LogP contribution in [0.3, 0.4) is 0 Å². The number of carbonyl (C=O) groups excluding carboxylic acids is 1. The third-order valence-electron chi connectivity index (χ3n) is 5.14. The van der Waals surface area contributed by atoms with Gasteiger partial charge in [0, 0.05) is 26.2 Å². The Hall–Kier alpha value is -3.45. The fraction of sp³-hybridized carbons (Fsp3) is 0.381. The molecule has 1 aliphatic heterocycles. The molecule has 0 bridgehead atoms. The SMILES string of the molecule is COC(C(=O)Nc1nnc(NC2CCN(c3ccc(C)nn3)C2)s1)c1cccc(OC(F)F)c1. The van der Waals surface area contributed by atoms with Gasteiger partial charge in [0.1, 0.15) is 5.75 Å². The van der Waals surface area contributed by atoms with Gasteiger partial charge in [0.05, 0.1) is 5.69 Å². The normalized spacial score (nSPS) is 16.5. The lowest BCUT2D eigenvalue weighted by Gasteiger charge is -2.17. The summed E-state index contributed by atoms with van der Waals surface area (Å²) in [5.41, 5.74) is 1.23. The number of methoxy groups -OCH3 is 1. The quantitative estimate of drug-likeness (QED) is 0.465. The van der Waals surface area contributed by atoms with Crippen molar-refractivity contribution in [3.05, 3.63) is 47.7 Å². The first-order valence-electron chi connectivity index (χ1n) is 10.4. The first-order chi connectivity index (χ1) is 16.4. The monoisotopic (exact) mass is 491 g/mol. The third-order valence-corrected chi connectivity index (χ3v) is 5.91. The average molecular weight is 492 g/mol. The standard InChI is InChI=1S/C21H23F2N7O3S/c1-12-6-7-16(27-26-12)30-9-8-14(11-30)24-20-28-29-21(34-20)25-18(31)17(32-2)13-4-3-5-15(10-13)33-19(22)23/h3-7,10,14,17,19H,8-9,11H2,1-2H3,(H,24,28)(H,25,29,31). The van der Waals surface area contributed by atoms with E-state index in [1.807, 2.05) is 19.1 Å². The zero-order valence-corrected chi connectivity index (χ0v) is 19.3. The van der Waals surface area contributed by atoms with E-state index in [2.05, 4.69) is 40.7 Å². The summed E-state index contributed by atoms with van der Waals surface area (Å²) in [5.74, 6) is 0.255. The smallest absolute Gasteiger partial charge is 0.387 e. The van der Waals surface area contributed by atoms with Crippen molar-refractivity contribution in [3.63, 3.8) is 0 Å². The third kappa shape index (κ3) is 5.91. The van der Waals surface area contributed by atoms with Crippen molar-refractivity contribution < 1.29 is 23.0 Å². The molecule has 1 saturated heterocycles. The van der Waals surface area contributed by atoms with Gasteiger partial charge in [-0.1, -0.05) is 23.5 Å². The molecule has 2 aromatic heterocycles. The van der Waals surface area contributed by atoms with Crippen LogP contribution in [0.1, 0.15) is 23.8 Å². The van der Waals surface area contributed by atoms with Gasteiger partial charge in [-0.3, -0.25) is 10.1 Å². The van der Waals surface area contributed by atoms with E-state index in [4.69, 9.17) is 4.74 Å². The van der Waals surface area contributed by atoms with Crippen LogP contribution in [0.15, 0.2) is 36.4 Å². The molecule has 2 unspecified atom stereocenters. The van der Waals surface area contributed by atoms with Crippen LogP contribution in [0.5, 0.6) is 5.75 Å². The Morgan fingerprint density at radius 3 is 2.74 bits per heavy atom. The maximum absolute atomic E-state index is 12.7. The number of aromatic nitrogens is 4. The number of nitrogens with zero attached hydrogens (tertiary/aromatic N) is 5. The van der Waals surface area contributed by atoms with E-state index in [9.17, 15) is 13.6 Å². The van der Waals surface area contributed by atoms with E-state index < -0.39 is 18.6 Å². The second-order valence-corrected chi connectivity index (χ2v) is 8.55. The zero-order valence-electron chi connectivity index (χ0n) is 18.4. The highest BCUT2D eigenvalue weighted by molar-refractivity contribution is 7.19. The Labute approximate surface area is 198 Å². The lowest BCUT2D eigenvalue weighted by Crippen LogP contribution is -2.26. The molecule has 4 rings (SSSR count). The number of rotatable bonds is 9. The molecule has 0 spiro atoms. The van der Waals surface area contributed by atoms with Crippen LogP contribution in [0.25, 0.3) is 0 Å². The molecule has 3 aromatic rings. The Morgan fingerprint density at radius 2 is 2.00 bits per heavy atom. The van der Waals surface area contributed by atoms with Crippen LogP contribution >= 0.6 is 11.3 Å². The predicted molar refractivity (Wildman–Crippen MR) is 122 cm³/mol. The number of hydrogen-bond acceptors (Lipinski definition) is 10. The maximum Gasteiger partial charge on any atom is 0.387 e. The van der Waals surface area contributed by atoms with Crippen LogP contribution in [0.2, 0.25) is 0 Å². The molecule has 180 valence electrons. The molecule has 1 amide bonds. The molecular formula is C21H23F2N7O3S. The highest BCUT2D eigenvalue weighted by Crippen LogP contribution is 2.27. The summed E-state index contributed by atoms with van der Waals surface area (Å²) in [4.78, 5) is 14.9. The molecule has 10 nitrogen and oxygen atoms in total. The zero-order chi connectivity index (χ0) is 24.1. The van der Waals surface area contributed by atoms with Crippen molar-refractivity contribution in [1.82, 2.24) is 20.4 Å². The second kappa shape index (κ2) is 10.7. The van der Waals surface area contributed by atoms with Gasteiger partial charge in [0.25, 0.3) is 5.91 Å². The fourth-order valence-electron chi connectivity index (χ4n) is 3.57. The van der Waals surface area contributed by atoms with Crippen LogP contribution in [-0.2, 0) is 9.53 Å². The van der Waals surface area contributed by atoms with Crippen LogP contribution in [0, 0.1) is 6.92 Å². The number of hydrogen-bond donors (Lipinski definition) is 2. The topological polar surface area (TPSA) is 114 Å². The van der Waals surface area contributed by atoms with E-state index in [0.29, 0.717) is 10.7 Å². The average Bonchev–Trinajstić information content (AvgIpc) is 3.44. The molecular weight excluding hydrogens is 468 g/mol. The first kappa shape index (κ1) is 23.7. The number of amides is 1. The first-order valence-corrected chi connectivity index (χ1v) is 11.3. The van der Waals surface area contributed by atoms with Gasteiger partial charge in [-0.25, -0.2) is 0 Å². The Kier molecular flexibility index (Phi) is 7.43. The van der Waals surface area contributed by atoms with Crippen molar-refractivity contribution in [2.24, 2.45) is 0 Å². The molecule has 1 aliphatic rings. The van der Waals surface area contributed by atoms with Crippen LogP contribution < -0.4 is 20.3 Å². The minimum absolute atomic E-state index is 0.0630. The molecule has 13 heteroatoms. The summed E-state index contributed by atoms with van der Waals surface area (Å²) >= 11 is 1.19. The Morgan fingerprint density at radius 1 is 1.18 bits per heavy atom. The molecule has 2 N–H and O–H groups in total. The van der Waals surface area contributed by atoms with E-state index in [1.54, 1.807) is 6.07 Å². The fourth-order valence-corrected chi connectivity index (χ4v) is 4.30. The van der Waals surface area contributed by atoms with Crippen molar-refractivity contribution >= 4 is 33.3 Å². The lowest BCUT2D eigenvalue weighted by molar-refractivity contribution is -0.126. The Bertz CT molecular complexity index is 1120. The molecule has 0 aliphatic carbocycles. The summed E-state index contributed by atoms with van der Waals surface area (Å²) in [6.07, 6.45) is -0.153. The molecule has 34 heavy (non-hydrogen) atoms. The Balaban J connectivity index is 1.34. The summed E-state index contributed by atoms with van der Waals surface area (Å²) in [5, 5.41) is 23.3. The van der Waals surface area contributed by atoms with Crippen molar-refractivity contribution in [2.45, 2.75) is 32.1 Å². The summed E-state index contributed by atoms with van der Waals surface area (Å²) < 4.78 is 34.7. The maximum atomic E-state index is 12.7. The van der Waals surface area contributed by atoms with E-state index in [1.165, 1.54) is 36.6 Å². The number of benzene rings is 1. The number of ether oxygens (including phenoxy) is 2. The number of carbonyl (C=O) groups is 1. The highest BCUT2D eigenvalue weighted by Gasteiger charge is 2.26. The summed E-state index contributed by atoms with van der Waals surface area (Å²) in [7, 11) is 1.35. The molecule has 1 aromatic carbocycles. The number of halogens is 2. The van der Waals surface area contributed by atoms with E-state index in [0.717, 1.165) is 31.0 Å². The number of nitrogens with one attached hydrogen (secondary N) is 2. The van der Waals surface area contributed by atoms with Crippen LogP contribution in [0.4, 0.5) is 24.9 Å². The van der Waals surface area contributed by atoms with Gasteiger partial charge >= 0.3 is 6.61 Å². The van der Waals surface area contributed by atoms with Crippen LogP contribution in [-0.4, -0.2) is 59.2 Å². The molecule has 0 radical (unpaired) electrons. The molecule has 1 fully saturated rings. The molecule has 3 heterocycles. The number of aryl methyl sites for hydroxylation is 1. The van der Waals surface area contributed by atoms with Crippen molar-refractivity contribution in [2.75, 3.05) is 35.7 Å². The second-order valence-electron chi connectivity index (χ2n) is 7.58. The van der Waals surface area contributed by atoms with Gasteiger partial charge < -0.3 is 19.7 Å². The van der Waals surface area contributed by atoms with Gasteiger partial charge in [0.15, 0.2) is 11.9 Å². The van der Waals surface area contributed by atoms with E-state index >= 15 is 0 Å². The van der Waals surface area contributed by atoms with Gasteiger partial charge in [-0.05, 0) is 43.2 Å². The molecule has 2 atom stereocenters. The highest BCUT2D eigenvalue weighted by atomic mass is 32.1. The van der Waals surface area contributed by atoms with E-state index in [-0.39, 0.29) is 16.9 Å². The molecule has 0 saturated carbocycles. The number of anilines is 3.